The molecule has 0 unspecified atom stereocenters. The van der Waals surface area contributed by atoms with Crippen LogP contribution in [0, 0.1) is 6.92 Å². The molecule has 4 aliphatic rings. The van der Waals surface area contributed by atoms with Crippen LogP contribution in [-0.4, -0.2) is 6.85 Å². The Morgan fingerprint density at radius 3 is 2.03 bits per heavy atom. The lowest BCUT2D eigenvalue weighted by atomic mass is 9.42. The van der Waals surface area contributed by atoms with Gasteiger partial charge in [0.25, 0.3) is 0 Å². The molecular weight excluding hydrogens is 768 g/mol. The van der Waals surface area contributed by atoms with Gasteiger partial charge in [-0.05, 0) is 134 Å². The summed E-state index contributed by atoms with van der Waals surface area (Å²) in [6, 6.07) is 49.9. The van der Waals surface area contributed by atoms with Crippen molar-refractivity contribution in [3.05, 3.63) is 161 Å². The summed E-state index contributed by atoms with van der Waals surface area (Å²) in [5.41, 5.74) is 22.9. The third-order valence-electron chi connectivity index (χ3n) is 15.5. The second-order valence-electron chi connectivity index (χ2n) is 21.7. The van der Waals surface area contributed by atoms with Crippen LogP contribution in [0.15, 0.2) is 127 Å². The molecule has 4 heterocycles. The van der Waals surface area contributed by atoms with Gasteiger partial charge in [0.1, 0.15) is 0 Å². The first-order valence-corrected chi connectivity index (χ1v) is 23.6. The summed E-state index contributed by atoms with van der Waals surface area (Å²) in [5.74, 6) is 0. The van der Waals surface area contributed by atoms with Crippen molar-refractivity contribution in [2.75, 3.05) is 9.71 Å². The van der Waals surface area contributed by atoms with E-state index < -0.39 is 0 Å². The first-order valence-electron chi connectivity index (χ1n) is 22.8. The van der Waals surface area contributed by atoms with Crippen molar-refractivity contribution in [2.24, 2.45) is 0 Å². The molecule has 0 bridgehead atoms. The van der Waals surface area contributed by atoms with Crippen LogP contribution >= 0.6 is 11.3 Å². The normalized spacial score (nSPS) is 17.4. The quantitative estimate of drug-likeness (QED) is 0.160. The fraction of sp³-hybridized carbons (Fsp3) is 0.276. The van der Waals surface area contributed by atoms with Gasteiger partial charge in [-0.25, -0.2) is 0 Å². The van der Waals surface area contributed by atoms with Gasteiger partial charge in [0.15, 0.2) is 0 Å². The molecule has 0 amide bonds. The number of rotatable bonds is 2. The first kappa shape index (κ1) is 38.1. The number of fused-ring (bicyclic) bond motifs is 11. The Labute approximate surface area is 372 Å². The van der Waals surface area contributed by atoms with Crippen LogP contribution in [0.25, 0.3) is 42.4 Å². The SMILES string of the molecule is Cc1cc2c3c(c1)N(c1ccc(C(C)(C)C)cc1-c1ccccc1)c1c(ccc4sc5cc6c(cc5c14)C(C)(C)CCC6(C)C)B3N1c3ccccc3C(C)(C)c3cccc-2c31. The average Bonchev–Trinajstić information content (AvgIpc) is 3.62. The van der Waals surface area contributed by atoms with Crippen molar-refractivity contribution in [3.63, 3.8) is 0 Å². The molecule has 8 aromatic rings. The van der Waals surface area contributed by atoms with Crippen molar-refractivity contribution in [3.8, 4) is 22.3 Å². The molecule has 1 aliphatic carbocycles. The molecule has 2 nitrogen and oxygen atoms in total. The molecule has 3 aliphatic heterocycles. The van der Waals surface area contributed by atoms with Crippen molar-refractivity contribution in [1.29, 1.82) is 0 Å². The predicted octanol–water partition coefficient (Wildman–Crippen LogP) is 15.0. The fourth-order valence-electron chi connectivity index (χ4n) is 12.0. The lowest BCUT2D eigenvalue weighted by Crippen LogP contribution is -2.63. The molecule has 0 spiro atoms. The maximum atomic E-state index is 2.75. The smallest absolute Gasteiger partial charge is 0.333 e. The van der Waals surface area contributed by atoms with Gasteiger partial charge in [0.05, 0.1) is 11.4 Å². The van der Waals surface area contributed by atoms with E-state index in [1.807, 2.05) is 11.3 Å². The molecule has 0 N–H and O–H groups in total. The average molecular weight is 823 g/mol. The van der Waals surface area contributed by atoms with E-state index in [9.17, 15) is 0 Å². The van der Waals surface area contributed by atoms with Gasteiger partial charge < -0.3 is 9.71 Å². The lowest BCUT2D eigenvalue weighted by molar-refractivity contribution is 0.332. The maximum Gasteiger partial charge on any atom is 0.333 e. The second kappa shape index (κ2) is 12.5. The third kappa shape index (κ3) is 5.11. The number of nitrogens with zero attached hydrogens (tertiary/aromatic N) is 2. The van der Waals surface area contributed by atoms with Crippen LogP contribution in [0.5, 0.6) is 0 Å². The molecule has 0 saturated heterocycles. The van der Waals surface area contributed by atoms with Gasteiger partial charge in [-0.3, -0.25) is 0 Å². The zero-order valence-corrected chi connectivity index (χ0v) is 38.7. The molecule has 0 saturated carbocycles. The topological polar surface area (TPSA) is 6.48 Å². The number of hydrogen-bond acceptors (Lipinski definition) is 3. The molecule has 62 heavy (non-hydrogen) atoms. The zero-order valence-electron chi connectivity index (χ0n) is 37.9. The van der Waals surface area contributed by atoms with Gasteiger partial charge in [-0.15, -0.1) is 11.3 Å². The van der Waals surface area contributed by atoms with E-state index in [1.165, 1.54) is 128 Å². The minimum Gasteiger partial charge on any atom is -0.376 e. The third-order valence-corrected chi connectivity index (χ3v) is 16.6. The number of anilines is 5. The molecule has 0 fully saturated rings. The number of hydrogen-bond donors (Lipinski definition) is 0. The fourth-order valence-corrected chi connectivity index (χ4v) is 13.1. The van der Waals surface area contributed by atoms with Crippen LogP contribution in [0.3, 0.4) is 0 Å². The molecule has 4 heteroatoms. The molecule has 0 radical (unpaired) electrons. The molecule has 0 atom stereocenters. The minimum atomic E-state index is -0.154. The van der Waals surface area contributed by atoms with Gasteiger partial charge in [0, 0.05) is 53.8 Å². The van der Waals surface area contributed by atoms with E-state index in [2.05, 4.69) is 206 Å². The summed E-state index contributed by atoms with van der Waals surface area (Å²) >= 11 is 1.98. The standard InChI is InChI=1S/C58H55BN2S/c1-34-29-39-37-19-16-21-42-53(37)61(47-22-15-14-20-41(47)58(42,9)10)59-45-24-26-49-51(40-32-43-44(33-50(40)62-49)57(7,8)28-27-56(43,5)6)54(45)60(48(30-34)52(39)59)46-25-23-36(55(2,3)4)31-38(46)35-17-12-11-13-18-35/h11-26,29-33H,27-28H2,1-10H3. The van der Waals surface area contributed by atoms with E-state index in [0.29, 0.717) is 0 Å². The summed E-state index contributed by atoms with van der Waals surface area (Å²) in [6.45, 7) is 24.0. The first-order chi connectivity index (χ1) is 29.5. The Hall–Kier alpha value is -5.58. The van der Waals surface area contributed by atoms with E-state index >= 15 is 0 Å². The second-order valence-corrected chi connectivity index (χ2v) is 22.8. The van der Waals surface area contributed by atoms with E-state index in [-0.39, 0.29) is 28.5 Å². The van der Waals surface area contributed by atoms with Crippen LogP contribution in [0.1, 0.15) is 109 Å². The Bertz CT molecular complexity index is 3230. The molecule has 12 rings (SSSR count). The molecule has 306 valence electrons. The Morgan fingerprint density at radius 1 is 0.565 bits per heavy atom. The molecule has 1 aromatic heterocycles. The Kier molecular flexibility index (Phi) is 7.71. The summed E-state index contributed by atoms with van der Waals surface area (Å²) in [6.07, 6.45) is 2.40. The van der Waals surface area contributed by atoms with E-state index in [1.54, 1.807) is 0 Å². The monoisotopic (exact) mass is 822 g/mol. The van der Waals surface area contributed by atoms with Crippen LogP contribution in [0.2, 0.25) is 0 Å². The largest absolute Gasteiger partial charge is 0.376 e. The van der Waals surface area contributed by atoms with Gasteiger partial charge in [0.2, 0.25) is 0 Å². The van der Waals surface area contributed by atoms with Crippen molar-refractivity contribution >= 4 is 77.7 Å². The summed E-state index contributed by atoms with van der Waals surface area (Å²) in [4.78, 5) is 5.46. The molecular formula is C58H55BN2S. The minimum absolute atomic E-state index is 0.0111. The summed E-state index contributed by atoms with van der Waals surface area (Å²) in [7, 11) is 0. The van der Waals surface area contributed by atoms with E-state index in [4.69, 9.17) is 0 Å². The zero-order chi connectivity index (χ0) is 42.8. The van der Waals surface area contributed by atoms with Crippen LogP contribution in [0.4, 0.5) is 28.4 Å². The summed E-state index contributed by atoms with van der Waals surface area (Å²) in [5, 5.41) is 2.76. The van der Waals surface area contributed by atoms with Crippen LogP contribution in [-0.2, 0) is 21.7 Å². The lowest BCUT2D eigenvalue weighted by Gasteiger charge is -2.51. The van der Waals surface area contributed by atoms with Crippen molar-refractivity contribution in [1.82, 2.24) is 0 Å². The highest BCUT2D eigenvalue weighted by molar-refractivity contribution is 7.26. The van der Waals surface area contributed by atoms with E-state index in [0.717, 1.165) is 0 Å². The highest BCUT2D eigenvalue weighted by atomic mass is 32.1. The predicted molar refractivity (Wildman–Crippen MR) is 269 cm³/mol. The Balaban J connectivity index is 1.26. The molecule has 7 aromatic carbocycles. The summed E-state index contributed by atoms with van der Waals surface area (Å²) < 4.78 is 2.74. The highest BCUT2D eigenvalue weighted by Gasteiger charge is 2.51. The Morgan fingerprint density at radius 2 is 1.27 bits per heavy atom. The van der Waals surface area contributed by atoms with Crippen molar-refractivity contribution in [2.45, 2.75) is 104 Å². The van der Waals surface area contributed by atoms with Gasteiger partial charge in [-0.2, -0.15) is 0 Å². The van der Waals surface area contributed by atoms with Gasteiger partial charge >= 0.3 is 6.85 Å². The number of aryl methyl sites for hydroxylation is 1. The maximum absolute atomic E-state index is 2.75. The number of para-hydroxylation sites is 2. The van der Waals surface area contributed by atoms with Crippen molar-refractivity contribution < 1.29 is 0 Å². The highest BCUT2D eigenvalue weighted by Crippen LogP contribution is 2.58. The number of benzene rings is 7. The van der Waals surface area contributed by atoms with Crippen LogP contribution < -0.4 is 20.6 Å². The number of thiophene rings is 1. The van der Waals surface area contributed by atoms with Gasteiger partial charge in [-0.1, -0.05) is 147 Å².